The lowest BCUT2D eigenvalue weighted by Gasteiger charge is -2.13. The summed E-state index contributed by atoms with van der Waals surface area (Å²) in [5, 5.41) is 2.83. The molecular weight excluding hydrogens is 204 g/mol. The fourth-order valence-electron chi connectivity index (χ4n) is 1.21. The number of amides is 1. The topological polar surface area (TPSA) is 71.2 Å². The highest BCUT2D eigenvalue weighted by Crippen LogP contribution is 2.02. The zero-order valence-electron chi connectivity index (χ0n) is 9.73. The summed E-state index contributed by atoms with van der Waals surface area (Å²) in [5.74, 6) is 0.247. The summed E-state index contributed by atoms with van der Waals surface area (Å²) >= 11 is 0. The second-order valence-electron chi connectivity index (χ2n) is 3.62. The van der Waals surface area contributed by atoms with Gasteiger partial charge in [-0.3, -0.25) is 4.79 Å². The second-order valence-corrected chi connectivity index (χ2v) is 3.62. The standard InChI is InChI=1S/C11H18N4O/c1-3-15(2)7-6-14-11(16)9-4-5-13-10(12)8-9/h4-5,8H,3,6-7H2,1-2H3,(H2,12,13)(H,14,16). The van der Waals surface area contributed by atoms with Crippen LogP contribution in [0.5, 0.6) is 0 Å². The molecule has 0 unspecified atom stereocenters. The Kier molecular flexibility index (Phi) is 4.72. The number of hydrogen-bond acceptors (Lipinski definition) is 4. The van der Waals surface area contributed by atoms with E-state index in [0.29, 0.717) is 17.9 Å². The number of nitrogens with zero attached hydrogens (tertiary/aromatic N) is 2. The number of carbonyl (C=O) groups excluding carboxylic acids is 1. The molecule has 0 spiro atoms. The van der Waals surface area contributed by atoms with Crippen LogP contribution in [0.2, 0.25) is 0 Å². The van der Waals surface area contributed by atoms with Gasteiger partial charge in [-0.1, -0.05) is 6.92 Å². The molecule has 0 saturated heterocycles. The van der Waals surface area contributed by atoms with Gasteiger partial charge < -0.3 is 16.0 Å². The number of nitrogen functional groups attached to an aromatic ring is 1. The van der Waals surface area contributed by atoms with Crippen LogP contribution in [0.3, 0.4) is 0 Å². The number of hydrogen-bond donors (Lipinski definition) is 2. The average Bonchev–Trinajstić information content (AvgIpc) is 2.28. The van der Waals surface area contributed by atoms with Gasteiger partial charge in [-0.2, -0.15) is 0 Å². The van der Waals surface area contributed by atoms with E-state index in [4.69, 9.17) is 5.73 Å². The number of pyridine rings is 1. The van der Waals surface area contributed by atoms with Crippen LogP contribution < -0.4 is 11.1 Å². The third-order valence-electron chi connectivity index (χ3n) is 2.36. The molecule has 88 valence electrons. The largest absolute Gasteiger partial charge is 0.384 e. The van der Waals surface area contributed by atoms with Crippen molar-refractivity contribution >= 4 is 11.7 Å². The van der Waals surface area contributed by atoms with E-state index < -0.39 is 0 Å². The molecular formula is C11H18N4O. The van der Waals surface area contributed by atoms with Gasteiger partial charge in [-0.05, 0) is 25.7 Å². The van der Waals surface area contributed by atoms with Gasteiger partial charge in [-0.15, -0.1) is 0 Å². The second kappa shape index (κ2) is 6.07. The number of carbonyl (C=O) groups is 1. The summed E-state index contributed by atoms with van der Waals surface area (Å²) in [4.78, 5) is 17.6. The number of nitrogens with two attached hydrogens (primary N) is 1. The molecule has 5 nitrogen and oxygen atoms in total. The summed E-state index contributed by atoms with van der Waals surface area (Å²) in [6.45, 7) is 4.51. The molecule has 0 saturated carbocycles. The van der Waals surface area contributed by atoms with Gasteiger partial charge in [0.15, 0.2) is 0 Å². The van der Waals surface area contributed by atoms with Gasteiger partial charge in [0.05, 0.1) is 0 Å². The lowest BCUT2D eigenvalue weighted by atomic mass is 10.2. The molecule has 1 amide bonds. The molecule has 16 heavy (non-hydrogen) atoms. The van der Waals surface area contributed by atoms with Crippen molar-refractivity contribution in [3.05, 3.63) is 23.9 Å². The molecule has 5 heteroatoms. The highest BCUT2D eigenvalue weighted by Gasteiger charge is 2.05. The van der Waals surface area contributed by atoms with E-state index in [-0.39, 0.29) is 5.91 Å². The van der Waals surface area contributed by atoms with Crippen molar-refractivity contribution in [1.29, 1.82) is 0 Å². The molecule has 0 fully saturated rings. The molecule has 1 aromatic rings. The summed E-state index contributed by atoms with van der Waals surface area (Å²) in [7, 11) is 2.01. The zero-order chi connectivity index (χ0) is 12.0. The Labute approximate surface area is 95.7 Å². The minimum absolute atomic E-state index is 0.112. The first-order valence-electron chi connectivity index (χ1n) is 5.31. The average molecular weight is 222 g/mol. The maximum Gasteiger partial charge on any atom is 0.251 e. The number of likely N-dealkylation sites (N-methyl/N-ethyl adjacent to an activating group) is 1. The van der Waals surface area contributed by atoms with Gasteiger partial charge in [-0.25, -0.2) is 4.98 Å². The van der Waals surface area contributed by atoms with Crippen LogP contribution in [0.4, 0.5) is 5.82 Å². The zero-order valence-corrected chi connectivity index (χ0v) is 9.73. The van der Waals surface area contributed by atoms with E-state index in [1.54, 1.807) is 12.1 Å². The quantitative estimate of drug-likeness (QED) is 0.754. The maximum absolute atomic E-state index is 11.7. The van der Waals surface area contributed by atoms with Crippen molar-refractivity contribution in [2.75, 3.05) is 32.4 Å². The molecule has 0 aliphatic heterocycles. The molecule has 0 aliphatic carbocycles. The summed E-state index contributed by atoms with van der Waals surface area (Å²) in [5.41, 5.74) is 6.04. The van der Waals surface area contributed by atoms with E-state index in [1.807, 2.05) is 7.05 Å². The minimum atomic E-state index is -0.112. The van der Waals surface area contributed by atoms with E-state index in [0.717, 1.165) is 13.1 Å². The van der Waals surface area contributed by atoms with E-state index in [9.17, 15) is 4.79 Å². The number of aromatic nitrogens is 1. The van der Waals surface area contributed by atoms with E-state index in [1.165, 1.54) is 6.20 Å². The van der Waals surface area contributed by atoms with Crippen molar-refractivity contribution < 1.29 is 4.79 Å². The fraction of sp³-hybridized carbons (Fsp3) is 0.455. The predicted molar refractivity (Wildman–Crippen MR) is 64.2 cm³/mol. The fourth-order valence-corrected chi connectivity index (χ4v) is 1.21. The van der Waals surface area contributed by atoms with Crippen molar-refractivity contribution in [3.63, 3.8) is 0 Å². The van der Waals surface area contributed by atoms with Crippen LogP contribution >= 0.6 is 0 Å². The Bertz CT molecular complexity index is 354. The van der Waals surface area contributed by atoms with Crippen LogP contribution in [0.25, 0.3) is 0 Å². The van der Waals surface area contributed by atoms with E-state index in [2.05, 4.69) is 22.1 Å². The Morgan fingerprint density at radius 2 is 2.38 bits per heavy atom. The Balaban J connectivity index is 2.41. The normalized spacial score (nSPS) is 10.4. The summed E-state index contributed by atoms with van der Waals surface area (Å²) in [6.07, 6.45) is 1.53. The third kappa shape index (κ3) is 3.86. The van der Waals surface area contributed by atoms with Crippen LogP contribution in [0, 0.1) is 0 Å². The maximum atomic E-state index is 11.7. The molecule has 0 aromatic carbocycles. The van der Waals surface area contributed by atoms with Crippen LogP contribution in [-0.4, -0.2) is 42.5 Å². The van der Waals surface area contributed by atoms with Crippen molar-refractivity contribution in [3.8, 4) is 0 Å². The first kappa shape index (κ1) is 12.4. The lowest BCUT2D eigenvalue weighted by Crippen LogP contribution is -2.32. The van der Waals surface area contributed by atoms with E-state index >= 15 is 0 Å². The van der Waals surface area contributed by atoms with Crippen LogP contribution in [0.15, 0.2) is 18.3 Å². The smallest absolute Gasteiger partial charge is 0.251 e. The predicted octanol–water partition coefficient (Wildman–Crippen LogP) is 0.345. The van der Waals surface area contributed by atoms with Crippen LogP contribution in [0.1, 0.15) is 17.3 Å². The highest BCUT2D eigenvalue weighted by atomic mass is 16.1. The van der Waals surface area contributed by atoms with Gasteiger partial charge in [0.2, 0.25) is 0 Å². The van der Waals surface area contributed by atoms with Gasteiger partial charge in [0, 0.05) is 24.8 Å². The third-order valence-corrected chi connectivity index (χ3v) is 2.36. The summed E-state index contributed by atoms with van der Waals surface area (Å²) in [6, 6.07) is 3.22. The van der Waals surface area contributed by atoms with Crippen LogP contribution in [-0.2, 0) is 0 Å². The number of anilines is 1. The number of nitrogens with one attached hydrogen (secondary N) is 1. The molecule has 1 aromatic heterocycles. The monoisotopic (exact) mass is 222 g/mol. The molecule has 3 N–H and O–H groups in total. The molecule has 1 heterocycles. The van der Waals surface area contributed by atoms with Crippen molar-refractivity contribution in [1.82, 2.24) is 15.2 Å². The van der Waals surface area contributed by atoms with Gasteiger partial charge in [0.25, 0.3) is 5.91 Å². The lowest BCUT2D eigenvalue weighted by molar-refractivity contribution is 0.0950. The Hall–Kier alpha value is -1.62. The Morgan fingerprint density at radius 3 is 3.00 bits per heavy atom. The van der Waals surface area contributed by atoms with Gasteiger partial charge >= 0.3 is 0 Å². The van der Waals surface area contributed by atoms with Crippen molar-refractivity contribution in [2.45, 2.75) is 6.92 Å². The first-order valence-corrected chi connectivity index (χ1v) is 5.31. The van der Waals surface area contributed by atoms with Gasteiger partial charge in [0.1, 0.15) is 5.82 Å². The molecule has 0 atom stereocenters. The molecule has 1 rings (SSSR count). The Morgan fingerprint density at radius 1 is 1.62 bits per heavy atom. The highest BCUT2D eigenvalue weighted by molar-refractivity contribution is 5.94. The van der Waals surface area contributed by atoms with Crippen molar-refractivity contribution in [2.24, 2.45) is 0 Å². The summed E-state index contributed by atoms with van der Waals surface area (Å²) < 4.78 is 0. The minimum Gasteiger partial charge on any atom is -0.384 e. The molecule has 0 aliphatic rings. The molecule has 0 bridgehead atoms. The molecule has 0 radical (unpaired) electrons. The number of rotatable bonds is 5. The SMILES string of the molecule is CCN(C)CCNC(=O)c1ccnc(N)c1. The first-order chi connectivity index (χ1) is 7.63.